The summed E-state index contributed by atoms with van der Waals surface area (Å²) in [5.74, 6) is -0.484. The van der Waals surface area contributed by atoms with Gasteiger partial charge in [-0.1, -0.05) is 0 Å². The van der Waals surface area contributed by atoms with Crippen molar-refractivity contribution in [3.8, 4) is 0 Å². The summed E-state index contributed by atoms with van der Waals surface area (Å²) < 4.78 is 27.9. The Morgan fingerprint density at radius 3 is 1.47 bits per heavy atom. The van der Waals surface area contributed by atoms with Gasteiger partial charge in [-0.2, -0.15) is 0 Å². The van der Waals surface area contributed by atoms with E-state index in [9.17, 15) is 8.78 Å². The molecule has 0 fully saturated rings. The molecule has 2 rings (SSSR count). The van der Waals surface area contributed by atoms with Crippen LogP contribution in [0.3, 0.4) is 0 Å². The topological polar surface area (TPSA) is 0 Å². The van der Waals surface area contributed by atoms with E-state index in [0.29, 0.717) is 7.14 Å². The van der Waals surface area contributed by atoms with E-state index in [4.69, 9.17) is 0 Å². The minimum atomic E-state index is -0.765. The Bertz CT molecular complexity index is 425. The van der Waals surface area contributed by atoms with Gasteiger partial charge in [0.1, 0.15) is 0 Å². The zero-order valence-electron chi connectivity index (χ0n) is 7.75. The number of rotatable bonds is 2. The summed E-state index contributed by atoms with van der Waals surface area (Å²) in [6.07, 6.45) is 0. The van der Waals surface area contributed by atoms with Crippen molar-refractivity contribution in [3.63, 3.8) is 0 Å². The van der Waals surface area contributed by atoms with Crippen molar-refractivity contribution < 1.29 is 30.0 Å². The van der Waals surface area contributed by atoms with E-state index in [0.717, 1.165) is 0 Å². The first kappa shape index (κ1) is 10.5. The van der Waals surface area contributed by atoms with Gasteiger partial charge < -0.3 is 0 Å². The van der Waals surface area contributed by atoms with Crippen LogP contribution in [-0.4, -0.2) is 0 Å². The predicted molar refractivity (Wildman–Crippen MR) is 50.2 cm³/mol. The first-order valence-corrected chi connectivity index (χ1v) is 6.57. The molecule has 0 unspecified atom stereocenters. The Hall–Kier alpha value is -0.970. The fraction of sp³-hybridized carbons (Fsp3) is 0. The molecule has 2 aromatic rings. The Morgan fingerprint density at radius 2 is 1.07 bits per heavy atom. The number of hydrogen-bond acceptors (Lipinski definition) is 0. The van der Waals surface area contributed by atoms with Gasteiger partial charge in [0.05, 0.1) is 0 Å². The molecule has 0 aromatic heterocycles. The number of benzene rings is 2. The van der Waals surface area contributed by atoms with Gasteiger partial charge in [-0.3, -0.25) is 0 Å². The van der Waals surface area contributed by atoms with Gasteiger partial charge in [-0.15, -0.1) is 0 Å². The van der Waals surface area contributed by atoms with Gasteiger partial charge in [0.15, 0.2) is 0 Å². The van der Waals surface area contributed by atoms with Crippen LogP contribution in [0.2, 0.25) is 0 Å². The van der Waals surface area contributed by atoms with Crippen LogP contribution in [0, 0.1) is 18.8 Å². The first-order valence-electron chi connectivity index (χ1n) is 4.41. The van der Waals surface area contributed by atoms with E-state index in [2.05, 4.69) is 0 Å². The molecule has 3 heteroatoms. The molecule has 0 radical (unpaired) electrons. The van der Waals surface area contributed by atoms with Crippen molar-refractivity contribution in [1.29, 1.82) is 0 Å². The van der Waals surface area contributed by atoms with Crippen LogP contribution in [0.1, 0.15) is 0 Å². The third-order valence-electron chi connectivity index (χ3n) is 1.85. The van der Waals surface area contributed by atoms with E-state index >= 15 is 0 Å². The van der Waals surface area contributed by atoms with Crippen LogP contribution in [0.15, 0.2) is 48.5 Å². The van der Waals surface area contributed by atoms with Crippen molar-refractivity contribution in [2.24, 2.45) is 0 Å². The molecule has 0 bridgehead atoms. The maximum absolute atomic E-state index is 13.3. The third kappa shape index (κ3) is 2.53. The van der Waals surface area contributed by atoms with Gasteiger partial charge in [0.25, 0.3) is 0 Å². The monoisotopic (exact) mass is 317 g/mol. The molecule has 0 aliphatic rings. The minimum absolute atomic E-state index is 0.242. The van der Waals surface area contributed by atoms with Crippen molar-refractivity contribution in [1.82, 2.24) is 0 Å². The molecule has 2 aromatic carbocycles. The Labute approximate surface area is 97.2 Å². The molecule has 0 saturated carbocycles. The predicted octanol–water partition coefficient (Wildman–Crippen LogP) is 0.0932. The second-order valence-corrected chi connectivity index (χ2v) is 5.79. The molecule has 0 nitrogen and oxygen atoms in total. The summed E-state index contributed by atoms with van der Waals surface area (Å²) in [6, 6.07) is 13.1. The van der Waals surface area contributed by atoms with Gasteiger partial charge in [0, 0.05) is 0 Å². The van der Waals surface area contributed by atoms with Crippen LogP contribution in [0.25, 0.3) is 0 Å². The van der Waals surface area contributed by atoms with Crippen LogP contribution >= 0.6 is 0 Å². The van der Waals surface area contributed by atoms with E-state index in [1.54, 1.807) is 36.4 Å². The quantitative estimate of drug-likeness (QED) is 0.689. The van der Waals surface area contributed by atoms with Crippen LogP contribution in [0.5, 0.6) is 0 Å². The summed E-state index contributed by atoms with van der Waals surface area (Å²) >= 11 is -0.765. The zero-order chi connectivity index (χ0) is 10.7. The zero-order valence-corrected chi connectivity index (χ0v) is 9.91. The second-order valence-electron chi connectivity index (χ2n) is 2.92. The SMILES string of the molecule is Fc1ccccc1[I-]c1ccccc1F. The van der Waals surface area contributed by atoms with Gasteiger partial charge in [-0.05, 0) is 0 Å². The first-order chi connectivity index (χ1) is 7.27. The summed E-state index contributed by atoms with van der Waals surface area (Å²) in [4.78, 5) is 0. The Balaban J connectivity index is 2.30. The van der Waals surface area contributed by atoms with E-state index in [-0.39, 0.29) is 11.6 Å². The molecular formula is C12H8F2I-. The van der Waals surface area contributed by atoms with Gasteiger partial charge in [-0.25, -0.2) is 0 Å². The normalized spacial score (nSPS) is 10.5. The molecular weight excluding hydrogens is 309 g/mol. The fourth-order valence-corrected chi connectivity index (χ4v) is 3.42. The standard InChI is InChI=1S/C12H8F2I/c13-9-5-1-3-7-11(9)15-12-8-4-2-6-10(12)14/h1-8H/q-1. The Morgan fingerprint density at radius 1 is 0.667 bits per heavy atom. The van der Waals surface area contributed by atoms with E-state index in [1.165, 1.54) is 12.1 Å². The maximum atomic E-state index is 13.3. The molecule has 0 N–H and O–H groups in total. The van der Waals surface area contributed by atoms with Crippen LogP contribution < -0.4 is 21.2 Å². The summed E-state index contributed by atoms with van der Waals surface area (Å²) in [7, 11) is 0. The van der Waals surface area contributed by atoms with E-state index < -0.39 is 21.2 Å². The molecule has 78 valence electrons. The fourth-order valence-electron chi connectivity index (χ4n) is 1.14. The number of halogens is 3. The molecule has 0 aliphatic heterocycles. The molecule has 0 heterocycles. The molecule has 0 aliphatic carbocycles. The summed E-state index contributed by atoms with van der Waals surface area (Å²) in [6.45, 7) is 0. The van der Waals surface area contributed by atoms with E-state index in [1.807, 2.05) is 0 Å². The third-order valence-corrected chi connectivity index (χ3v) is 4.76. The van der Waals surface area contributed by atoms with Crippen molar-refractivity contribution >= 4 is 0 Å². The molecule has 0 saturated heterocycles. The molecule has 0 atom stereocenters. The Kier molecular flexibility index (Phi) is 3.30. The average molecular weight is 317 g/mol. The van der Waals surface area contributed by atoms with Crippen molar-refractivity contribution in [3.05, 3.63) is 67.3 Å². The van der Waals surface area contributed by atoms with Crippen LogP contribution in [0.4, 0.5) is 8.78 Å². The molecule has 15 heavy (non-hydrogen) atoms. The van der Waals surface area contributed by atoms with Gasteiger partial charge >= 0.3 is 97.3 Å². The summed E-state index contributed by atoms with van der Waals surface area (Å²) in [5.41, 5.74) is 0. The number of hydrogen-bond donors (Lipinski definition) is 0. The van der Waals surface area contributed by atoms with Gasteiger partial charge in [0.2, 0.25) is 0 Å². The van der Waals surface area contributed by atoms with Crippen molar-refractivity contribution in [2.75, 3.05) is 0 Å². The van der Waals surface area contributed by atoms with Crippen LogP contribution in [-0.2, 0) is 0 Å². The molecule has 0 amide bonds. The second kappa shape index (κ2) is 4.70. The molecule has 0 spiro atoms. The average Bonchev–Trinajstić information content (AvgIpc) is 2.24. The summed E-state index contributed by atoms with van der Waals surface area (Å²) in [5, 5.41) is 0. The van der Waals surface area contributed by atoms with Crippen molar-refractivity contribution in [2.45, 2.75) is 0 Å².